The van der Waals surface area contributed by atoms with Gasteiger partial charge in [-0.1, -0.05) is 27.2 Å². The second-order valence-corrected chi connectivity index (χ2v) is 11.9. The van der Waals surface area contributed by atoms with Crippen molar-refractivity contribution >= 4 is 5.78 Å². The first-order chi connectivity index (χ1) is 13.3. The molecule has 4 fully saturated rings. The monoisotopic (exact) mass is 388 g/mol. The number of hydrogen-bond acceptors (Lipinski definition) is 2. The van der Waals surface area contributed by atoms with E-state index in [4.69, 9.17) is 0 Å². The number of carbonyl (C=O) groups excluding carboxylic acids is 1. The van der Waals surface area contributed by atoms with E-state index in [2.05, 4.69) is 20.8 Å². The summed E-state index contributed by atoms with van der Waals surface area (Å²) in [4.78, 5) is 11.5. The predicted octanol–water partition coefficient (Wildman–Crippen LogP) is 6.40. The molecular formula is C26H44O2. The quantitative estimate of drug-likeness (QED) is 0.605. The molecule has 4 aliphatic rings. The predicted molar refractivity (Wildman–Crippen MR) is 115 cm³/mol. The summed E-state index contributed by atoms with van der Waals surface area (Å²) in [6, 6.07) is 0. The highest BCUT2D eigenvalue weighted by molar-refractivity contribution is 5.75. The van der Waals surface area contributed by atoms with Crippen LogP contribution in [0.5, 0.6) is 0 Å². The number of aliphatic hydroxyl groups is 1. The topological polar surface area (TPSA) is 37.3 Å². The van der Waals surface area contributed by atoms with Gasteiger partial charge in [0.1, 0.15) is 5.78 Å². The minimum Gasteiger partial charge on any atom is -0.393 e. The number of rotatable bonds is 4. The average molecular weight is 389 g/mol. The van der Waals surface area contributed by atoms with E-state index in [1.165, 1.54) is 51.4 Å². The van der Waals surface area contributed by atoms with Gasteiger partial charge in [-0.3, -0.25) is 0 Å². The second-order valence-electron chi connectivity index (χ2n) is 11.9. The summed E-state index contributed by atoms with van der Waals surface area (Å²) in [6.07, 6.45) is 15.0. The summed E-state index contributed by atoms with van der Waals surface area (Å²) in [5, 5.41) is 10.3. The molecule has 4 aliphatic carbocycles. The molecule has 28 heavy (non-hydrogen) atoms. The van der Waals surface area contributed by atoms with Crippen LogP contribution < -0.4 is 0 Å². The van der Waals surface area contributed by atoms with E-state index in [9.17, 15) is 9.90 Å². The third kappa shape index (κ3) is 3.40. The largest absolute Gasteiger partial charge is 0.393 e. The van der Waals surface area contributed by atoms with E-state index in [1.807, 2.05) is 0 Å². The molecule has 160 valence electrons. The molecule has 1 unspecified atom stereocenters. The summed E-state index contributed by atoms with van der Waals surface area (Å²) in [7, 11) is 0. The van der Waals surface area contributed by atoms with Crippen molar-refractivity contribution in [2.75, 3.05) is 0 Å². The van der Waals surface area contributed by atoms with Crippen molar-refractivity contribution in [3.8, 4) is 0 Å². The van der Waals surface area contributed by atoms with E-state index >= 15 is 0 Å². The van der Waals surface area contributed by atoms with Crippen molar-refractivity contribution in [1.82, 2.24) is 0 Å². The number of Topliss-reactive ketones (excluding diaryl/α,β-unsaturated/α-hetero) is 1. The van der Waals surface area contributed by atoms with Gasteiger partial charge in [-0.2, -0.15) is 0 Å². The van der Waals surface area contributed by atoms with E-state index in [0.29, 0.717) is 22.5 Å². The standard InChI is InChI=1S/C26H44O2/c1-17(8-9-18(2)27)22-10-11-23-21-7-5-6-19-16-20(28)12-14-25(19,3)24(21)13-15-26(22,23)4/h17,19-24,28H,5-16H2,1-4H3/t17-,19-,20-,21+,22-,23+,24?,25+,26-/m1/s1. The molecule has 0 aromatic carbocycles. The molecule has 2 nitrogen and oxygen atoms in total. The SMILES string of the molecule is CC(=O)CC[C@@H](C)[C@H]1CC[C@H]2[C@@H]3CCC[C@@H]4C[C@H](O)CC[C@]4(C)C3CC[C@]12C. The van der Waals surface area contributed by atoms with E-state index in [-0.39, 0.29) is 6.10 Å². The highest BCUT2D eigenvalue weighted by Gasteiger charge is 2.59. The highest BCUT2D eigenvalue weighted by atomic mass is 16.3. The molecule has 0 spiro atoms. The fourth-order valence-electron chi connectivity index (χ4n) is 9.05. The van der Waals surface area contributed by atoms with Crippen LogP contribution in [0.3, 0.4) is 0 Å². The molecule has 0 aliphatic heterocycles. The van der Waals surface area contributed by atoms with E-state index in [0.717, 1.165) is 55.3 Å². The Kier molecular flexibility index (Phi) is 5.75. The van der Waals surface area contributed by atoms with Crippen LogP contribution in [0.25, 0.3) is 0 Å². The first-order valence-corrected chi connectivity index (χ1v) is 12.4. The minimum absolute atomic E-state index is 0.0403. The molecule has 0 bridgehead atoms. The fraction of sp³-hybridized carbons (Fsp3) is 0.962. The lowest BCUT2D eigenvalue weighted by atomic mass is 9.49. The lowest BCUT2D eigenvalue weighted by Gasteiger charge is -2.56. The molecule has 9 atom stereocenters. The normalized spacial score (nSPS) is 49.5. The first kappa shape index (κ1) is 20.9. The maximum absolute atomic E-state index is 11.5. The van der Waals surface area contributed by atoms with Gasteiger partial charge in [-0.25, -0.2) is 0 Å². The van der Waals surface area contributed by atoms with Crippen LogP contribution in [0.15, 0.2) is 0 Å². The smallest absolute Gasteiger partial charge is 0.129 e. The number of carbonyl (C=O) groups is 1. The Balaban J connectivity index is 1.54. The van der Waals surface area contributed by atoms with Crippen molar-refractivity contribution in [3.05, 3.63) is 0 Å². The fourth-order valence-corrected chi connectivity index (χ4v) is 9.05. The van der Waals surface area contributed by atoms with Crippen LogP contribution >= 0.6 is 0 Å². The summed E-state index contributed by atoms with van der Waals surface area (Å²) in [6.45, 7) is 9.42. The number of ketones is 1. The second kappa shape index (κ2) is 7.71. The molecule has 1 N–H and O–H groups in total. The average Bonchev–Trinajstić information content (AvgIpc) is 2.92. The molecule has 0 aromatic heterocycles. The van der Waals surface area contributed by atoms with Gasteiger partial charge < -0.3 is 9.90 Å². The Morgan fingerprint density at radius 3 is 2.46 bits per heavy atom. The molecular weight excluding hydrogens is 344 g/mol. The Bertz CT molecular complexity index is 585. The van der Waals surface area contributed by atoms with Gasteiger partial charge in [0, 0.05) is 6.42 Å². The van der Waals surface area contributed by atoms with Crippen LogP contribution in [0, 0.1) is 46.3 Å². The summed E-state index contributed by atoms with van der Waals surface area (Å²) in [5.41, 5.74) is 0.974. The molecule has 2 heteroatoms. The van der Waals surface area contributed by atoms with Gasteiger partial charge in [-0.05, 0) is 117 Å². The summed E-state index contributed by atoms with van der Waals surface area (Å²) in [5.74, 6) is 5.32. The van der Waals surface area contributed by atoms with Crippen LogP contribution in [-0.4, -0.2) is 17.0 Å². The van der Waals surface area contributed by atoms with Gasteiger partial charge in [-0.15, -0.1) is 0 Å². The highest BCUT2D eigenvalue weighted by Crippen LogP contribution is 2.67. The third-order valence-electron chi connectivity index (χ3n) is 10.6. The van der Waals surface area contributed by atoms with Gasteiger partial charge in [0.15, 0.2) is 0 Å². The number of aliphatic hydroxyl groups excluding tert-OH is 1. The van der Waals surface area contributed by atoms with Gasteiger partial charge in [0.2, 0.25) is 0 Å². The van der Waals surface area contributed by atoms with Crippen molar-refractivity contribution in [2.24, 2.45) is 46.3 Å². The molecule has 0 radical (unpaired) electrons. The van der Waals surface area contributed by atoms with Crippen LogP contribution in [0.4, 0.5) is 0 Å². The molecule has 4 saturated carbocycles. The molecule has 0 saturated heterocycles. The Morgan fingerprint density at radius 1 is 1.00 bits per heavy atom. The molecule has 0 amide bonds. The van der Waals surface area contributed by atoms with Crippen molar-refractivity contribution in [3.63, 3.8) is 0 Å². The van der Waals surface area contributed by atoms with Gasteiger partial charge in [0.25, 0.3) is 0 Å². The Labute approximate surface area is 173 Å². The Hall–Kier alpha value is -0.370. The van der Waals surface area contributed by atoms with E-state index < -0.39 is 0 Å². The van der Waals surface area contributed by atoms with Crippen molar-refractivity contribution < 1.29 is 9.90 Å². The summed E-state index contributed by atoms with van der Waals surface area (Å²) < 4.78 is 0. The number of fused-ring (bicyclic) bond motifs is 5. The maximum Gasteiger partial charge on any atom is 0.129 e. The zero-order valence-corrected chi connectivity index (χ0v) is 18.9. The number of hydrogen-bond donors (Lipinski definition) is 1. The third-order valence-corrected chi connectivity index (χ3v) is 10.6. The molecule has 0 aromatic rings. The van der Waals surface area contributed by atoms with E-state index in [1.54, 1.807) is 6.92 Å². The van der Waals surface area contributed by atoms with Crippen LogP contribution in [0.2, 0.25) is 0 Å². The summed E-state index contributed by atoms with van der Waals surface area (Å²) >= 11 is 0. The first-order valence-electron chi connectivity index (χ1n) is 12.4. The maximum atomic E-state index is 11.5. The van der Waals surface area contributed by atoms with Crippen molar-refractivity contribution in [2.45, 2.75) is 111 Å². The Morgan fingerprint density at radius 2 is 1.71 bits per heavy atom. The molecule has 4 rings (SSSR count). The van der Waals surface area contributed by atoms with Gasteiger partial charge in [0.05, 0.1) is 6.10 Å². The lowest BCUT2D eigenvalue weighted by Crippen LogP contribution is -2.50. The zero-order chi connectivity index (χ0) is 20.1. The zero-order valence-electron chi connectivity index (χ0n) is 18.9. The van der Waals surface area contributed by atoms with Crippen molar-refractivity contribution in [1.29, 1.82) is 0 Å². The van der Waals surface area contributed by atoms with Gasteiger partial charge >= 0.3 is 0 Å². The van der Waals surface area contributed by atoms with Crippen LogP contribution in [-0.2, 0) is 4.79 Å². The minimum atomic E-state index is -0.0403. The lowest BCUT2D eigenvalue weighted by molar-refractivity contribution is -0.117. The molecule has 0 heterocycles. The van der Waals surface area contributed by atoms with Crippen LogP contribution in [0.1, 0.15) is 105 Å².